The number of nitrogens with zero attached hydrogens (tertiary/aromatic N) is 1. The van der Waals surface area contributed by atoms with Gasteiger partial charge in [-0.3, -0.25) is 0 Å². The quantitative estimate of drug-likeness (QED) is 0.554. The zero-order valence-corrected chi connectivity index (χ0v) is 9.00. The maximum Gasteiger partial charge on any atom is 0.0583 e. The number of unbranched alkanes of at least 4 members (excludes halogenated alkanes) is 2. The molecule has 0 spiro atoms. The smallest absolute Gasteiger partial charge is 0.0583 e. The van der Waals surface area contributed by atoms with Crippen molar-refractivity contribution in [2.75, 3.05) is 26.7 Å². The van der Waals surface area contributed by atoms with Gasteiger partial charge < -0.3 is 15.7 Å². The lowest BCUT2D eigenvalue weighted by Crippen LogP contribution is -2.31. The molecule has 0 saturated carbocycles. The van der Waals surface area contributed by atoms with Gasteiger partial charge in [0.25, 0.3) is 0 Å². The van der Waals surface area contributed by atoms with Gasteiger partial charge in [0, 0.05) is 6.04 Å². The van der Waals surface area contributed by atoms with Crippen molar-refractivity contribution >= 4 is 0 Å². The van der Waals surface area contributed by atoms with E-state index in [9.17, 15) is 0 Å². The maximum atomic E-state index is 8.72. The summed E-state index contributed by atoms with van der Waals surface area (Å²) in [5, 5.41) is 8.72. The van der Waals surface area contributed by atoms with Crippen LogP contribution >= 0.6 is 0 Å². The van der Waals surface area contributed by atoms with E-state index in [2.05, 4.69) is 18.9 Å². The number of aliphatic hydroxyl groups excluding tert-OH is 1. The Morgan fingerprint density at radius 2 is 2.00 bits per heavy atom. The highest BCUT2D eigenvalue weighted by molar-refractivity contribution is 4.61. The topological polar surface area (TPSA) is 49.5 Å². The van der Waals surface area contributed by atoms with Crippen LogP contribution in [0.4, 0.5) is 0 Å². The highest BCUT2D eigenvalue weighted by Crippen LogP contribution is 1.98. The second kappa shape index (κ2) is 8.48. The molecule has 3 heteroatoms. The first-order chi connectivity index (χ1) is 6.20. The number of hydrogen-bond donors (Lipinski definition) is 2. The molecule has 0 rings (SSSR count). The third-order valence-electron chi connectivity index (χ3n) is 2.26. The van der Waals surface area contributed by atoms with Crippen LogP contribution in [-0.2, 0) is 0 Å². The Hall–Kier alpha value is -0.120. The Bertz CT molecular complexity index is 109. The molecule has 0 saturated heterocycles. The lowest BCUT2D eigenvalue weighted by Gasteiger charge is -2.18. The van der Waals surface area contributed by atoms with Gasteiger partial charge in [-0.1, -0.05) is 19.8 Å². The summed E-state index contributed by atoms with van der Waals surface area (Å²) in [7, 11) is 2.11. The third-order valence-corrected chi connectivity index (χ3v) is 2.26. The molecule has 0 aliphatic rings. The van der Waals surface area contributed by atoms with Crippen LogP contribution in [0.3, 0.4) is 0 Å². The highest BCUT2D eigenvalue weighted by Gasteiger charge is 2.02. The molecule has 13 heavy (non-hydrogen) atoms. The first kappa shape index (κ1) is 12.9. The van der Waals surface area contributed by atoms with Gasteiger partial charge in [0.05, 0.1) is 6.61 Å². The van der Waals surface area contributed by atoms with Gasteiger partial charge in [0.1, 0.15) is 0 Å². The molecular weight excluding hydrogens is 164 g/mol. The van der Waals surface area contributed by atoms with Crippen molar-refractivity contribution in [3.05, 3.63) is 0 Å². The number of nitrogens with two attached hydrogens (primary N) is 1. The van der Waals surface area contributed by atoms with Crippen molar-refractivity contribution < 1.29 is 5.11 Å². The predicted molar refractivity (Wildman–Crippen MR) is 56.7 cm³/mol. The Morgan fingerprint density at radius 1 is 1.31 bits per heavy atom. The van der Waals surface area contributed by atoms with Gasteiger partial charge in [-0.15, -0.1) is 0 Å². The first-order valence-electron chi connectivity index (χ1n) is 5.25. The molecule has 0 amide bonds. The van der Waals surface area contributed by atoms with Gasteiger partial charge in [0.2, 0.25) is 0 Å². The van der Waals surface area contributed by atoms with Crippen LogP contribution in [0, 0.1) is 0 Å². The van der Waals surface area contributed by atoms with Crippen LogP contribution in [0.2, 0.25) is 0 Å². The molecule has 0 aromatic rings. The Balaban J connectivity index is 3.24. The fourth-order valence-electron chi connectivity index (χ4n) is 1.22. The molecule has 1 unspecified atom stereocenters. The number of hydrogen-bond acceptors (Lipinski definition) is 3. The van der Waals surface area contributed by atoms with E-state index in [1.54, 1.807) is 0 Å². The molecule has 0 aromatic heterocycles. The van der Waals surface area contributed by atoms with Gasteiger partial charge in [0.15, 0.2) is 0 Å². The van der Waals surface area contributed by atoms with E-state index in [-0.39, 0.29) is 12.6 Å². The van der Waals surface area contributed by atoms with Gasteiger partial charge >= 0.3 is 0 Å². The van der Waals surface area contributed by atoms with Gasteiger partial charge in [-0.05, 0) is 33.0 Å². The lowest BCUT2D eigenvalue weighted by molar-refractivity contribution is 0.239. The van der Waals surface area contributed by atoms with Crippen molar-refractivity contribution in [2.45, 2.75) is 38.6 Å². The van der Waals surface area contributed by atoms with Crippen molar-refractivity contribution in [2.24, 2.45) is 5.73 Å². The molecule has 0 bridgehead atoms. The molecule has 0 fully saturated rings. The summed E-state index contributed by atoms with van der Waals surface area (Å²) < 4.78 is 0. The average Bonchev–Trinajstić information content (AvgIpc) is 2.14. The number of aliphatic hydroxyl groups is 1. The second-order valence-corrected chi connectivity index (χ2v) is 3.74. The SMILES string of the molecule is CCCCCN(C)CCC(N)CO. The lowest BCUT2D eigenvalue weighted by atomic mass is 10.2. The zero-order valence-electron chi connectivity index (χ0n) is 9.00. The standard InChI is InChI=1S/C10H24N2O/c1-3-4-5-7-12(2)8-6-10(11)9-13/h10,13H,3-9,11H2,1-2H3. The molecule has 1 atom stereocenters. The molecule has 0 aliphatic carbocycles. The minimum absolute atomic E-state index is 0.0476. The fraction of sp³-hybridized carbons (Fsp3) is 1.00. The Labute approximate surface area is 81.9 Å². The fourth-order valence-corrected chi connectivity index (χ4v) is 1.22. The monoisotopic (exact) mass is 188 g/mol. The Morgan fingerprint density at radius 3 is 2.54 bits per heavy atom. The van der Waals surface area contributed by atoms with Crippen molar-refractivity contribution in [1.82, 2.24) is 4.90 Å². The summed E-state index contributed by atoms with van der Waals surface area (Å²) in [4.78, 5) is 2.28. The van der Waals surface area contributed by atoms with Gasteiger partial charge in [-0.2, -0.15) is 0 Å². The van der Waals surface area contributed by atoms with E-state index in [0.717, 1.165) is 19.5 Å². The predicted octanol–water partition coefficient (Wildman–Crippen LogP) is 0.818. The maximum absolute atomic E-state index is 8.72. The molecule has 0 aliphatic heterocycles. The molecule has 3 N–H and O–H groups in total. The van der Waals surface area contributed by atoms with E-state index >= 15 is 0 Å². The third kappa shape index (κ3) is 8.22. The highest BCUT2D eigenvalue weighted by atomic mass is 16.3. The van der Waals surface area contributed by atoms with Crippen LogP contribution in [0.25, 0.3) is 0 Å². The van der Waals surface area contributed by atoms with Crippen LogP contribution < -0.4 is 5.73 Å². The summed E-state index contributed by atoms with van der Waals surface area (Å²) in [5.41, 5.74) is 5.60. The Kier molecular flexibility index (Phi) is 8.40. The van der Waals surface area contributed by atoms with Crippen LogP contribution in [0.15, 0.2) is 0 Å². The van der Waals surface area contributed by atoms with Crippen LogP contribution in [-0.4, -0.2) is 42.8 Å². The van der Waals surface area contributed by atoms with Crippen molar-refractivity contribution in [1.29, 1.82) is 0 Å². The minimum atomic E-state index is -0.0476. The average molecular weight is 188 g/mol. The minimum Gasteiger partial charge on any atom is -0.395 e. The second-order valence-electron chi connectivity index (χ2n) is 3.74. The summed E-state index contributed by atoms with van der Waals surface area (Å²) >= 11 is 0. The van der Waals surface area contributed by atoms with E-state index in [4.69, 9.17) is 10.8 Å². The molecular formula is C10H24N2O. The summed E-state index contributed by atoms with van der Waals surface area (Å²) in [6, 6.07) is -0.0476. The van der Waals surface area contributed by atoms with E-state index in [1.165, 1.54) is 19.3 Å². The van der Waals surface area contributed by atoms with Crippen LogP contribution in [0.5, 0.6) is 0 Å². The molecule has 80 valence electrons. The molecule has 0 heterocycles. The largest absolute Gasteiger partial charge is 0.395 e. The van der Waals surface area contributed by atoms with E-state index in [1.807, 2.05) is 0 Å². The van der Waals surface area contributed by atoms with E-state index in [0.29, 0.717) is 0 Å². The molecule has 3 nitrogen and oxygen atoms in total. The summed E-state index contributed by atoms with van der Waals surface area (Å²) in [6.07, 6.45) is 4.72. The summed E-state index contributed by atoms with van der Waals surface area (Å²) in [6.45, 7) is 4.45. The zero-order chi connectivity index (χ0) is 10.1. The number of rotatable bonds is 8. The van der Waals surface area contributed by atoms with E-state index < -0.39 is 0 Å². The summed E-state index contributed by atoms with van der Waals surface area (Å²) in [5.74, 6) is 0. The molecule has 0 aromatic carbocycles. The van der Waals surface area contributed by atoms with Crippen LogP contribution in [0.1, 0.15) is 32.6 Å². The van der Waals surface area contributed by atoms with Gasteiger partial charge in [-0.25, -0.2) is 0 Å². The van der Waals surface area contributed by atoms with Crippen molar-refractivity contribution in [3.63, 3.8) is 0 Å². The molecule has 0 radical (unpaired) electrons. The normalized spacial score (nSPS) is 13.6. The first-order valence-corrected chi connectivity index (χ1v) is 5.25. The van der Waals surface area contributed by atoms with Crippen molar-refractivity contribution in [3.8, 4) is 0 Å².